The van der Waals surface area contributed by atoms with E-state index in [1.165, 1.54) is 11.3 Å². The van der Waals surface area contributed by atoms with E-state index in [-0.39, 0.29) is 36.2 Å². The molecule has 0 radical (unpaired) electrons. The molecule has 2 aliphatic heterocycles. The van der Waals surface area contributed by atoms with E-state index < -0.39 is 6.04 Å². The molecular weight excluding hydrogens is 535 g/mol. The molecular formula is C25H30Cl2N6O3S. The average molecular weight is 566 g/mol. The summed E-state index contributed by atoms with van der Waals surface area (Å²) in [5, 5.41) is 8.00. The van der Waals surface area contributed by atoms with Crippen LogP contribution in [0.25, 0.3) is 10.9 Å². The van der Waals surface area contributed by atoms with Gasteiger partial charge >= 0.3 is 0 Å². The summed E-state index contributed by atoms with van der Waals surface area (Å²) in [5.74, 6) is -0.513. The van der Waals surface area contributed by atoms with E-state index in [2.05, 4.69) is 32.5 Å². The van der Waals surface area contributed by atoms with Crippen molar-refractivity contribution in [3.8, 4) is 0 Å². The molecule has 1 saturated heterocycles. The van der Waals surface area contributed by atoms with Gasteiger partial charge in [-0.1, -0.05) is 18.5 Å². The second kappa shape index (κ2) is 11.4. The molecule has 0 saturated carbocycles. The first-order valence-electron chi connectivity index (χ1n) is 12.2. The molecule has 3 amide bonds. The first-order chi connectivity index (χ1) is 17.3. The molecule has 5 rings (SSSR count). The maximum atomic E-state index is 13.2. The highest BCUT2D eigenvalue weighted by molar-refractivity contribution is 7.13. The molecule has 12 heteroatoms. The number of H-pyrrole nitrogens is 1. The number of hydrogen-bond donors (Lipinski definition) is 3. The Balaban J connectivity index is 0.00000320. The third-order valence-corrected chi connectivity index (χ3v) is 8.16. The number of carbonyl (C=O) groups is 3. The predicted molar refractivity (Wildman–Crippen MR) is 147 cm³/mol. The number of nitrogens with zero attached hydrogens (tertiary/aromatic N) is 3. The van der Waals surface area contributed by atoms with Crippen LogP contribution in [0.3, 0.4) is 0 Å². The summed E-state index contributed by atoms with van der Waals surface area (Å²) in [5.41, 5.74) is 2.22. The number of thiazole rings is 1. The minimum atomic E-state index is -0.437. The maximum Gasteiger partial charge on any atom is 0.280 e. The molecule has 198 valence electrons. The number of aromatic amines is 1. The number of fused-ring (bicyclic) bond motifs is 2. The lowest BCUT2D eigenvalue weighted by Crippen LogP contribution is -2.61. The number of rotatable bonds is 5. The van der Waals surface area contributed by atoms with Crippen LogP contribution >= 0.6 is 35.3 Å². The van der Waals surface area contributed by atoms with Crippen molar-refractivity contribution in [1.29, 1.82) is 0 Å². The van der Waals surface area contributed by atoms with Crippen molar-refractivity contribution in [3.63, 3.8) is 0 Å². The second-order valence-electron chi connectivity index (χ2n) is 9.43. The predicted octanol–water partition coefficient (Wildman–Crippen LogP) is 3.23. The van der Waals surface area contributed by atoms with Gasteiger partial charge < -0.3 is 25.4 Å². The van der Waals surface area contributed by atoms with Crippen molar-refractivity contribution >= 4 is 64.0 Å². The van der Waals surface area contributed by atoms with Gasteiger partial charge in [-0.15, -0.1) is 23.7 Å². The van der Waals surface area contributed by atoms with Crippen molar-refractivity contribution < 1.29 is 14.4 Å². The largest absolute Gasteiger partial charge is 0.351 e. The molecule has 0 spiro atoms. The highest BCUT2D eigenvalue weighted by Crippen LogP contribution is 2.25. The van der Waals surface area contributed by atoms with Crippen molar-refractivity contribution in [2.24, 2.45) is 0 Å². The van der Waals surface area contributed by atoms with Crippen LogP contribution in [0, 0.1) is 0 Å². The van der Waals surface area contributed by atoms with Crippen LogP contribution in [0.15, 0.2) is 24.3 Å². The second-order valence-corrected chi connectivity index (χ2v) is 11.0. The summed E-state index contributed by atoms with van der Waals surface area (Å²) in [7, 11) is 2.05. The van der Waals surface area contributed by atoms with Gasteiger partial charge in [-0.3, -0.25) is 14.4 Å². The standard InChI is InChI=1S/C25H29ClN6O3S.ClH/c1-3-22(33)32-9-7-17(28-23(34)19-11-14-10-15(26)4-5-16(14)27-19)20(12-32)29-24(35)25-30-18-6-8-31(2)13-21(18)36-25;/h4-5,10-11,17,20,27H,3,6-9,12-13H2,1-2H3,(H,28,34)(H,29,35);1H/t17-,20-;/m1./s1. The number of halogens is 2. The molecule has 0 bridgehead atoms. The minimum Gasteiger partial charge on any atom is -0.351 e. The van der Waals surface area contributed by atoms with E-state index >= 15 is 0 Å². The number of hydrogen-bond acceptors (Lipinski definition) is 6. The number of likely N-dealkylation sites (N-methyl/N-ethyl adjacent to an activating group) is 1. The van der Waals surface area contributed by atoms with Gasteiger partial charge in [-0.05, 0) is 37.7 Å². The zero-order chi connectivity index (χ0) is 25.4. The number of likely N-dealkylation sites (tertiary alicyclic amines) is 1. The van der Waals surface area contributed by atoms with Crippen LogP contribution in [-0.4, -0.2) is 76.3 Å². The van der Waals surface area contributed by atoms with Crippen LogP contribution in [0.4, 0.5) is 0 Å². The monoisotopic (exact) mass is 564 g/mol. The van der Waals surface area contributed by atoms with Crippen LogP contribution in [0.1, 0.15) is 50.6 Å². The number of carbonyl (C=O) groups excluding carboxylic acids is 3. The van der Waals surface area contributed by atoms with Gasteiger partial charge in [-0.25, -0.2) is 4.98 Å². The summed E-state index contributed by atoms with van der Waals surface area (Å²) < 4.78 is 0. The van der Waals surface area contributed by atoms with E-state index in [1.807, 2.05) is 13.0 Å². The van der Waals surface area contributed by atoms with Crippen LogP contribution in [-0.2, 0) is 17.8 Å². The highest BCUT2D eigenvalue weighted by Gasteiger charge is 2.34. The quantitative estimate of drug-likeness (QED) is 0.440. The molecule has 9 nitrogen and oxygen atoms in total. The topological polar surface area (TPSA) is 110 Å². The average Bonchev–Trinajstić information content (AvgIpc) is 3.48. The van der Waals surface area contributed by atoms with Gasteiger partial charge in [0.2, 0.25) is 5.91 Å². The van der Waals surface area contributed by atoms with Crippen LogP contribution in [0.5, 0.6) is 0 Å². The Bertz CT molecular complexity index is 1320. The molecule has 2 aromatic heterocycles. The van der Waals surface area contributed by atoms with E-state index in [9.17, 15) is 14.4 Å². The summed E-state index contributed by atoms with van der Waals surface area (Å²) in [6.45, 7) is 4.38. The summed E-state index contributed by atoms with van der Waals surface area (Å²) in [6, 6.07) is 6.39. The number of nitrogens with one attached hydrogen (secondary N) is 3. The van der Waals surface area contributed by atoms with Gasteiger partial charge in [0.05, 0.1) is 17.8 Å². The van der Waals surface area contributed by atoms with Gasteiger partial charge in [0.25, 0.3) is 11.8 Å². The molecule has 3 aromatic rings. The van der Waals surface area contributed by atoms with Crippen LogP contribution in [0.2, 0.25) is 5.02 Å². The smallest absolute Gasteiger partial charge is 0.280 e. The zero-order valence-corrected chi connectivity index (χ0v) is 23.1. The van der Waals surface area contributed by atoms with Crippen LogP contribution < -0.4 is 10.6 Å². The Labute approximate surface area is 230 Å². The van der Waals surface area contributed by atoms with E-state index in [0.29, 0.717) is 41.7 Å². The van der Waals surface area contributed by atoms with Crippen molar-refractivity contribution in [3.05, 3.63) is 50.6 Å². The Kier molecular flexibility index (Phi) is 8.42. The fraction of sp³-hybridized carbons (Fsp3) is 0.440. The Morgan fingerprint density at radius 2 is 1.95 bits per heavy atom. The first-order valence-corrected chi connectivity index (χ1v) is 13.3. The minimum absolute atomic E-state index is 0. The van der Waals surface area contributed by atoms with Gasteiger partial charge in [0.15, 0.2) is 5.01 Å². The van der Waals surface area contributed by atoms with Crippen molar-refractivity contribution in [2.75, 3.05) is 26.7 Å². The van der Waals surface area contributed by atoms with Gasteiger partial charge in [0.1, 0.15) is 5.69 Å². The molecule has 0 aliphatic carbocycles. The van der Waals surface area contributed by atoms with Crippen molar-refractivity contribution in [2.45, 2.75) is 44.8 Å². The van der Waals surface area contributed by atoms with Gasteiger partial charge in [-0.2, -0.15) is 0 Å². The number of aromatic nitrogens is 2. The van der Waals surface area contributed by atoms with E-state index in [0.717, 1.165) is 41.0 Å². The molecule has 0 unspecified atom stereocenters. The van der Waals surface area contributed by atoms with E-state index in [4.69, 9.17) is 11.6 Å². The lowest BCUT2D eigenvalue weighted by atomic mass is 9.98. The normalized spacial score (nSPS) is 19.7. The third kappa shape index (κ3) is 5.93. The molecule has 2 aliphatic rings. The molecule has 1 fully saturated rings. The molecule has 1 aromatic carbocycles. The molecule has 3 N–H and O–H groups in total. The lowest BCUT2D eigenvalue weighted by Gasteiger charge is -2.39. The number of piperidine rings is 1. The van der Waals surface area contributed by atoms with Crippen molar-refractivity contribution in [1.82, 2.24) is 30.4 Å². The van der Waals surface area contributed by atoms with E-state index in [1.54, 1.807) is 23.1 Å². The lowest BCUT2D eigenvalue weighted by molar-refractivity contribution is -0.132. The number of amides is 3. The fourth-order valence-electron chi connectivity index (χ4n) is 4.84. The summed E-state index contributed by atoms with van der Waals surface area (Å²) in [4.78, 5) is 51.5. The molecule has 37 heavy (non-hydrogen) atoms. The maximum absolute atomic E-state index is 13.2. The third-order valence-electron chi connectivity index (χ3n) is 6.84. The summed E-state index contributed by atoms with van der Waals surface area (Å²) in [6.07, 6.45) is 1.75. The molecule has 4 heterocycles. The van der Waals surface area contributed by atoms with Gasteiger partial charge in [0, 0.05) is 59.8 Å². The SMILES string of the molecule is CCC(=O)N1CC[C@@H](NC(=O)c2cc3cc(Cl)ccc3[nH]2)[C@H](NC(=O)c2nc3c(s2)CN(C)CC3)C1.Cl. The summed E-state index contributed by atoms with van der Waals surface area (Å²) >= 11 is 7.49. The highest BCUT2D eigenvalue weighted by atomic mass is 35.5. The number of benzene rings is 1. The Morgan fingerprint density at radius 3 is 2.73 bits per heavy atom. The zero-order valence-electron chi connectivity index (χ0n) is 20.7. The first kappa shape index (κ1) is 27.4. The fourth-order valence-corrected chi connectivity index (χ4v) is 6.12. The molecule has 2 atom stereocenters. The Hall–Kier alpha value is -2.66. The Morgan fingerprint density at radius 1 is 1.16 bits per heavy atom.